The number of carbonyl (C=O) groups is 5. The van der Waals surface area contributed by atoms with Crippen LogP contribution >= 0.6 is 11.3 Å². The van der Waals surface area contributed by atoms with Crippen molar-refractivity contribution in [1.82, 2.24) is 28.6 Å². The van der Waals surface area contributed by atoms with Gasteiger partial charge in [-0.3, -0.25) is 28.6 Å². The van der Waals surface area contributed by atoms with Gasteiger partial charge in [0.15, 0.2) is 34.6 Å². The van der Waals surface area contributed by atoms with Crippen LogP contribution in [0.1, 0.15) is 83.6 Å². The van der Waals surface area contributed by atoms with Gasteiger partial charge < -0.3 is 23.8 Å². The second-order valence-corrected chi connectivity index (χ2v) is 21.5. The van der Waals surface area contributed by atoms with Gasteiger partial charge >= 0.3 is 17.6 Å². The molecule has 1 fully saturated rings. The first-order valence-corrected chi connectivity index (χ1v) is 24.7. The summed E-state index contributed by atoms with van der Waals surface area (Å²) in [6.45, 7) is 16.3. The molecule has 2 amide bonds. The molecule has 2 aromatic carbocycles. The number of nitrogens with zero attached hydrogens (tertiary/aromatic N) is 7. The van der Waals surface area contributed by atoms with Crippen LogP contribution in [0.2, 0.25) is 0 Å². The third-order valence-electron chi connectivity index (χ3n) is 10.0. The number of pyridine rings is 1. The van der Waals surface area contributed by atoms with E-state index in [1.54, 1.807) is 41.5 Å². The Balaban J connectivity index is 1.19. The maximum absolute atomic E-state index is 13.9. The number of amides is 2. The van der Waals surface area contributed by atoms with E-state index in [4.69, 9.17) is 23.8 Å². The number of benzene rings is 2. The molecule has 71 heavy (non-hydrogen) atoms. The molecule has 22 heteroatoms. The number of β-lactam (4-membered cyclic amide) rings is 1. The fraction of sp³-hybridized carbons (Fsp3) is 0.388. The highest BCUT2D eigenvalue weighted by molar-refractivity contribution is 7.90. The molecule has 0 aliphatic carbocycles. The first-order valence-electron chi connectivity index (χ1n) is 22.3. The van der Waals surface area contributed by atoms with Crippen LogP contribution < -0.4 is 15.2 Å². The number of aromatic nitrogens is 5. The molecule has 0 saturated carbocycles. The molecule has 1 saturated heterocycles. The van der Waals surface area contributed by atoms with Crippen LogP contribution in [0.4, 0.5) is 0 Å². The highest BCUT2D eigenvalue weighted by Crippen LogP contribution is 2.32. The van der Waals surface area contributed by atoms with Crippen LogP contribution in [0.25, 0.3) is 11.5 Å². The van der Waals surface area contributed by atoms with Crippen LogP contribution in [-0.4, -0.2) is 101 Å². The molecule has 376 valence electrons. The number of carbonyl (C=O) groups excluding carboxylic acids is 5. The fourth-order valence-corrected chi connectivity index (χ4v) is 8.50. The monoisotopic (exact) mass is 1010 g/mol. The highest BCUT2D eigenvalue weighted by Gasteiger charge is 2.44. The van der Waals surface area contributed by atoms with E-state index in [2.05, 4.69) is 26.8 Å². The van der Waals surface area contributed by atoms with E-state index in [-0.39, 0.29) is 70.5 Å². The van der Waals surface area contributed by atoms with Gasteiger partial charge in [-0.1, -0.05) is 71.9 Å². The van der Waals surface area contributed by atoms with E-state index >= 15 is 0 Å². The molecule has 0 bridgehead atoms. The Morgan fingerprint density at radius 3 is 2.06 bits per heavy atom. The van der Waals surface area contributed by atoms with Crippen LogP contribution in [0.5, 0.6) is 11.5 Å². The minimum Gasteiger partial charge on any atom is -0.485 e. The number of ketones is 1. The Labute approximate surface area is 414 Å². The maximum Gasteiger partial charge on any atom is 0.361 e. The van der Waals surface area contributed by atoms with Gasteiger partial charge in [-0.15, -0.1) is 27.1 Å². The van der Waals surface area contributed by atoms with Gasteiger partial charge in [0.1, 0.15) is 40.8 Å². The molecule has 4 heterocycles. The number of thiazole rings is 1. The lowest BCUT2D eigenvalue weighted by atomic mass is 9.91. The number of allylic oxidation sites excluding steroid dienone is 1. The molecule has 6 rings (SSSR count). The summed E-state index contributed by atoms with van der Waals surface area (Å²) in [6.07, 6.45) is 1.96. The largest absolute Gasteiger partial charge is 0.485 e. The summed E-state index contributed by atoms with van der Waals surface area (Å²) in [5, 5.41) is 9.83. The average molecular weight is 1010 g/mol. The summed E-state index contributed by atoms with van der Waals surface area (Å²) >= 11 is 1.03. The predicted octanol–water partition coefficient (Wildman–Crippen LogP) is 5.45. The van der Waals surface area contributed by atoms with Crippen molar-refractivity contribution < 1.29 is 56.2 Å². The number of hydrogen-bond donors (Lipinski definition) is 0. The van der Waals surface area contributed by atoms with E-state index < -0.39 is 85.9 Å². The molecule has 0 radical (unpaired) electrons. The quantitative estimate of drug-likeness (QED) is 0.0291. The summed E-state index contributed by atoms with van der Waals surface area (Å²) in [5.41, 5.74) is -3.14. The maximum atomic E-state index is 13.9. The van der Waals surface area contributed by atoms with Crippen LogP contribution in [0.3, 0.4) is 0 Å². The fourth-order valence-electron chi connectivity index (χ4n) is 6.61. The zero-order chi connectivity index (χ0) is 51.9. The third kappa shape index (κ3) is 13.9. The predicted molar refractivity (Wildman–Crippen MR) is 260 cm³/mol. The molecule has 0 N–H and O–H groups in total. The van der Waals surface area contributed by atoms with Gasteiger partial charge in [0.05, 0.1) is 18.5 Å². The second kappa shape index (κ2) is 21.8. The van der Waals surface area contributed by atoms with Gasteiger partial charge in [-0.25, -0.2) is 28.0 Å². The zero-order valence-corrected chi connectivity index (χ0v) is 42.2. The van der Waals surface area contributed by atoms with Crippen molar-refractivity contribution in [3.05, 3.63) is 123 Å². The van der Waals surface area contributed by atoms with E-state index in [0.29, 0.717) is 4.90 Å². The zero-order valence-electron chi connectivity index (χ0n) is 40.6. The van der Waals surface area contributed by atoms with Gasteiger partial charge in [0.25, 0.3) is 10.0 Å². The SMILES string of the molecule is C=CCn1c(-c2cc(OCc3ccccc3)c(OCc3ccccc3)cn2)nn(S(=O)(=O)CC(=O)N2C[C@H](CC(=O)/C(=N\OC(C)(C)C(=O)OC(C)(C)C)c3csc(CC(=O)OC(C)(C)C)n3)C2=O)c1=O. The molecule has 0 unspecified atom stereocenters. The second-order valence-electron chi connectivity index (χ2n) is 18.8. The number of rotatable bonds is 21. The Kier molecular flexibility index (Phi) is 16.2. The summed E-state index contributed by atoms with van der Waals surface area (Å²) in [5.74, 6) is -6.35. The normalized spacial score (nSPS) is 14.3. The van der Waals surface area contributed by atoms with Crippen molar-refractivity contribution in [2.45, 2.75) is 105 Å². The van der Waals surface area contributed by atoms with Gasteiger partial charge in [0.2, 0.25) is 17.4 Å². The lowest BCUT2D eigenvalue weighted by Crippen LogP contribution is -2.57. The molecular weight excluding hydrogens is 959 g/mol. The summed E-state index contributed by atoms with van der Waals surface area (Å²) in [6, 6.07) is 20.1. The Hall–Kier alpha value is -7.33. The number of likely N-dealkylation sites (tertiary alicyclic amines) is 1. The molecule has 1 aliphatic rings. The average Bonchev–Trinajstić information content (AvgIpc) is 3.89. The van der Waals surface area contributed by atoms with Gasteiger partial charge in [0, 0.05) is 31.0 Å². The number of imide groups is 1. The highest BCUT2D eigenvalue weighted by atomic mass is 32.2. The minimum atomic E-state index is -4.88. The molecule has 1 aliphatic heterocycles. The molecule has 3 aromatic heterocycles. The van der Waals surface area contributed by atoms with Crippen molar-refractivity contribution in [1.29, 1.82) is 0 Å². The summed E-state index contributed by atoms with van der Waals surface area (Å²) in [4.78, 5) is 95.1. The molecule has 0 spiro atoms. The lowest BCUT2D eigenvalue weighted by Gasteiger charge is -2.36. The molecule has 1 atom stereocenters. The molecular formula is C49H55N7O13S2. The minimum absolute atomic E-state index is 0.0245. The van der Waals surface area contributed by atoms with E-state index in [1.165, 1.54) is 37.6 Å². The topological polar surface area (TPSA) is 247 Å². The van der Waals surface area contributed by atoms with Crippen molar-refractivity contribution in [3.63, 3.8) is 0 Å². The van der Waals surface area contributed by atoms with Gasteiger partial charge in [-0.05, 0) is 66.5 Å². The lowest BCUT2D eigenvalue weighted by molar-refractivity contribution is -0.179. The van der Waals surface area contributed by atoms with E-state index in [1.807, 2.05) is 60.7 Å². The number of ether oxygens (including phenoxy) is 4. The standard InChI is InChI=1S/C49H55N7O13S2/c1-10-21-54-43(34-23-37(65-27-31-17-13-11-14-18-31)38(25-50-34)66-28-32-19-15-12-16-20-32)52-56(46(54)62)71(63,64)30-40(58)55-26-33(44(55)60)22-36(57)42(53-69-49(8,9)45(61)68-48(5,6)7)35-29-70-39(51-35)24-41(59)67-47(2,3)4/h10-20,23,25,29,33H,1,21-22,24,26-28,30H2,2-9H3/b53-42-/t33-/m0/s1. The van der Waals surface area contributed by atoms with Crippen molar-refractivity contribution in [2.24, 2.45) is 11.1 Å². The van der Waals surface area contributed by atoms with Crippen molar-refractivity contribution in [3.8, 4) is 23.0 Å². The summed E-state index contributed by atoms with van der Waals surface area (Å²) < 4.78 is 51.8. The molecule has 5 aromatic rings. The molecule has 20 nitrogen and oxygen atoms in total. The summed E-state index contributed by atoms with van der Waals surface area (Å²) in [7, 11) is -4.88. The number of Topliss-reactive ketones (excluding diaryl/α,β-unsaturated/α-hetero) is 1. The van der Waals surface area contributed by atoms with Crippen molar-refractivity contribution in [2.75, 3.05) is 12.3 Å². The Bertz CT molecular complexity index is 3000. The third-order valence-corrected chi connectivity index (χ3v) is 12.3. The first kappa shape index (κ1) is 53.0. The number of esters is 2. The van der Waals surface area contributed by atoms with E-state index in [0.717, 1.165) is 27.0 Å². The number of oxime groups is 1. The van der Waals surface area contributed by atoms with Crippen LogP contribution in [-0.2, 0) is 74.5 Å². The van der Waals surface area contributed by atoms with Crippen LogP contribution in [0, 0.1) is 5.92 Å². The Morgan fingerprint density at radius 1 is 0.873 bits per heavy atom. The smallest absolute Gasteiger partial charge is 0.361 e. The van der Waals surface area contributed by atoms with Crippen LogP contribution in [0.15, 0.2) is 101 Å². The van der Waals surface area contributed by atoms with E-state index in [9.17, 15) is 37.2 Å². The Morgan fingerprint density at radius 2 is 1.48 bits per heavy atom. The van der Waals surface area contributed by atoms with Crippen molar-refractivity contribution >= 4 is 56.6 Å². The first-order chi connectivity index (χ1) is 33.3. The number of hydrogen-bond acceptors (Lipinski definition) is 18. The van der Waals surface area contributed by atoms with Gasteiger partial charge in [-0.2, -0.15) is 0 Å².